The second-order valence-electron chi connectivity index (χ2n) is 9.38. The van der Waals surface area contributed by atoms with Gasteiger partial charge in [-0.2, -0.15) is 0 Å². The van der Waals surface area contributed by atoms with Gasteiger partial charge in [0.15, 0.2) is 0 Å². The van der Waals surface area contributed by atoms with Crippen LogP contribution >= 0.6 is 0 Å². The first-order valence-corrected chi connectivity index (χ1v) is 11.4. The van der Waals surface area contributed by atoms with Crippen LogP contribution in [0.25, 0.3) is 0 Å². The summed E-state index contributed by atoms with van der Waals surface area (Å²) in [5.41, 5.74) is 0.402. The molecule has 1 saturated heterocycles. The third-order valence-corrected chi connectivity index (χ3v) is 7.26. The first-order chi connectivity index (χ1) is 13.2. The number of halogens is 1. The summed E-state index contributed by atoms with van der Waals surface area (Å²) in [5.74, 6) is 1.57. The van der Waals surface area contributed by atoms with Gasteiger partial charge in [0.2, 0.25) is 0 Å². The normalized spacial score (nSPS) is 28.9. The zero-order chi connectivity index (χ0) is 18.5. The molecule has 2 nitrogen and oxygen atoms in total. The summed E-state index contributed by atoms with van der Waals surface area (Å²) in [5, 5.41) is 3.52. The first kappa shape index (κ1) is 19.4. The lowest BCUT2D eigenvalue weighted by Crippen LogP contribution is -2.47. The van der Waals surface area contributed by atoms with E-state index in [0.29, 0.717) is 31.3 Å². The monoisotopic (exact) mass is 372 g/mol. The standard InChI is InChI=1S/C24H37FN2/c25-24(19-26-23-18-22(23)21-11-5-2-6-12-21)13-16-27(17-14-24)15-7-10-20-8-3-1-4-9-20/h2,5-6,11-12,20,22-23,26H,1,3-4,7-10,13-19H2/t22-,23+/m0/s1. The molecule has 27 heavy (non-hydrogen) atoms. The summed E-state index contributed by atoms with van der Waals surface area (Å²) in [6, 6.07) is 11.1. The van der Waals surface area contributed by atoms with Gasteiger partial charge in [-0.05, 0) is 50.1 Å². The number of likely N-dealkylation sites (tertiary alicyclic amines) is 1. The van der Waals surface area contributed by atoms with Crippen LogP contribution in [0.2, 0.25) is 0 Å². The Balaban J connectivity index is 1.11. The smallest absolute Gasteiger partial charge is 0.125 e. The maximum atomic E-state index is 15.2. The van der Waals surface area contributed by atoms with Crippen molar-refractivity contribution in [2.24, 2.45) is 5.92 Å². The van der Waals surface area contributed by atoms with Gasteiger partial charge in [-0.15, -0.1) is 0 Å². The molecule has 2 saturated carbocycles. The Morgan fingerprint density at radius 2 is 1.78 bits per heavy atom. The van der Waals surface area contributed by atoms with Gasteiger partial charge in [-0.3, -0.25) is 0 Å². The molecule has 0 amide bonds. The quantitative estimate of drug-likeness (QED) is 0.666. The van der Waals surface area contributed by atoms with Gasteiger partial charge in [-0.1, -0.05) is 62.4 Å². The van der Waals surface area contributed by atoms with Gasteiger partial charge >= 0.3 is 0 Å². The SMILES string of the molecule is FC1(CN[C@@H]2C[C@H]2c2ccccc2)CCN(CCCC2CCCCC2)CC1. The molecule has 0 bridgehead atoms. The molecule has 0 aromatic heterocycles. The van der Waals surface area contributed by atoms with Crippen LogP contribution in [0.4, 0.5) is 4.39 Å². The summed E-state index contributed by atoms with van der Waals surface area (Å²) < 4.78 is 15.2. The topological polar surface area (TPSA) is 15.3 Å². The lowest BCUT2D eigenvalue weighted by atomic mass is 9.86. The summed E-state index contributed by atoms with van der Waals surface area (Å²) in [7, 11) is 0. The Hall–Kier alpha value is -0.930. The average Bonchev–Trinajstić information content (AvgIpc) is 3.50. The van der Waals surface area contributed by atoms with E-state index in [-0.39, 0.29) is 0 Å². The van der Waals surface area contributed by atoms with E-state index < -0.39 is 5.67 Å². The van der Waals surface area contributed by atoms with Crippen molar-refractivity contribution in [2.45, 2.75) is 81.8 Å². The lowest BCUT2D eigenvalue weighted by molar-refractivity contribution is 0.0562. The highest BCUT2D eigenvalue weighted by Crippen LogP contribution is 2.41. The molecule has 2 atom stereocenters. The maximum absolute atomic E-state index is 15.2. The van der Waals surface area contributed by atoms with Gasteiger partial charge in [-0.25, -0.2) is 4.39 Å². The summed E-state index contributed by atoms with van der Waals surface area (Å²) in [6.07, 6.45) is 12.5. The van der Waals surface area contributed by atoms with E-state index >= 15 is 4.39 Å². The molecule has 4 rings (SSSR count). The Kier molecular flexibility index (Phi) is 6.50. The molecule has 1 heterocycles. The second kappa shape index (κ2) is 9.05. The molecular weight excluding hydrogens is 335 g/mol. The second-order valence-corrected chi connectivity index (χ2v) is 9.38. The van der Waals surface area contributed by atoms with E-state index in [1.807, 2.05) is 0 Å². The highest BCUT2D eigenvalue weighted by Gasteiger charge is 2.41. The van der Waals surface area contributed by atoms with Crippen molar-refractivity contribution in [3.05, 3.63) is 35.9 Å². The minimum absolute atomic E-state index is 0.480. The zero-order valence-corrected chi connectivity index (χ0v) is 16.8. The van der Waals surface area contributed by atoms with Crippen molar-refractivity contribution in [1.82, 2.24) is 10.2 Å². The van der Waals surface area contributed by atoms with Crippen LogP contribution < -0.4 is 5.32 Å². The molecule has 150 valence electrons. The van der Waals surface area contributed by atoms with Crippen molar-refractivity contribution in [2.75, 3.05) is 26.2 Å². The molecule has 1 aromatic rings. The van der Waals surface area contributed by atoms with Crippen LogP contribution in [-0.2, 0) is 0 Å². The molecule has 0 radical (unpaired) electrons. The van der Waals surface area contributed by atoms with Gasteiger partial charge in [0.1, 0.15) is 5.67 Å². The van der Waals surface area contributed by atoms with Crippen molar-refractivity contribution >= 4 is 0 Å². The van der Waals surface area contributed by atoms with Crippen molar-refractivity contribution in [3.63, 3.8) is 0 Å². The predicted octanol–water partition coefficient (Wildman–Crippen LogP) is 5.30. The Morgan fingerprint density at radius 1 is 1.04 bits per heavy atom. The fourth-order valence-electron chi connectivity index (χ4n) is 5.24. The minimum atomic E-state index is -0.996. The lowest BCUT2D eigenvalue weighted by Gasteiger charge is -2.37. The van der Waals surface area contributed by atoms with Gasteiger partial charge in [0, 0.05) is 31.6 Å². The molecule has 3 aliphatic rings. The van der Waals surface area contributed by atoms with Crippen LogP contribution in [0.1, 0.15) is 75.7 Å². The number of alkyl halides is 1. The fraction of sp³-hybridized carbons (Fsp3) is 0.750. The predicted molar refractivity (Wildman–Crippen MR) is 111 cm³/mol. The molecule has 0 unspecified atom stereocenters. The average molecular weight is 373 g/mol. The molecule has 1 aliphatic heterocycles. The molecular formula is C24H37FN2. The van der Waals surface area contributed by atoms with E-state index in [2.05, 4.69) is 40.5 Å². The van der Waals surface area contributed by atoms with E-state index in [4.69, 9.17) is 0 Å². The number of rotatable bonds is 8. The molecule has 2 aliphatic carbocycles. The van der Waals surface area contributed by atoms with Gasteiger partial charge in [0.25, 0.3) is 0 Å². The zero-order valence-electron chi connectivity index (χ0n) is 16.8. The Labute approximate surface area is 164 Å². The third-order valence-electron chi connectivity index (χ3n) is 7.26. The van der Waals surface area contributed by atoms with E-state index in [0.717, 1.165) is 25.4 Å². The number of nitrogens with one attached hydrogen (secondary N) is 1. The first-order valence-electron chi connectivity index (χ1n) is 11.4. The highest BCUT2D eigenvalue weighted by molar-refractivity contribution is 5.27. The number of benzene rings is 1. The van der Waals surface area contributed by atoms with Crippen molar-refractivity contribution in [1.29, 1.82) is 0 Å². The van der Waals surface area contributed by atoms with Crippen LogP contribution in [0.15, 0.2) is 30.3 Å². The van der Waals surface area contributed by atoms with E-state index in [9.17, 15) is 0 Å². The van der Waals surface area contributed by atoms with Crippen LogP contribution in [0.3, 0.4) is 0 Å². The van der Waals surface area contributed by atoms with Crippen molar-refractivity contribution in [3.8, 4) is 0 Å². The van der Waals surface area contributed by atoms with E-state index in [1.165, 1.54) is 57.1 Å². The Bertz CT molecular complexity index is 561. The van der Waals surface area contributed by atoms with Gasteiger partial charge < -0.3 is 10.2 Å². The Morgan fingerprint density at radius 3 is 2.52 bits per heavy atom. The highest BCUT2D eigenvalue weighted by atomic mass is 19.1. The summed E-state index contributed by atoms with van der Waals surface area (Å²) in [6.45, 7) is 3.60. The van der Waals surface area contributed by atoms with Gasteiger partial charge in [0.05, 0.1) is 0 Å². The summed E-state index contributed by atoms with van der Waals surface area (Å²) >= 11 is 0. The summed E-state index contributed by atoms with van der Waals surface area (Å²) in [4.78, 5) is 2.50. The number of hydrogen-bond acceptors (Lipinski definition) is 2. The minimum Gasteiger partial charge on any atom is -0.310 e. The molecule has 3 heteroatoms. The van der Waals surface area contributed by atoms with E-state index in [1.54, 1.807) is 0 Å². The van der Waals surface area contributed by atoms with Crippen LogP contribution in [0, 0.1) is 5.92 Å². The largest absolute Gasteiger partial charge is 0.310 e. The number of piperidine rings is 1. The third kappa shape index (κ3) is 5.54. The molecule has 1 N–H and O–H groups in total. The molecule has 0 spiro atoms. The molecule has 1 aromatic carbocycles. The number of hydrogen-bond donors (Lipinski definition) is 1. The number of nitrogens with zero attached hydrogens (tertiary/aromatic N) is 1. The van der Waals surface area contributed by atoms with Crippen molar-refractivity contribution < 1.29 is 4.39 Å². The maximum Gasteiger partial charge on any atom is 0.125 e. The molecule has 3 fully saturated rings. The van der Waals surface area contributed by atoms with Crippen LogP contribution in [-0.4, -0.2) is 42.8 Å². The van der Waals surface area contributed by atoms with Crippen LogP contribution in [0.5, 0.6) is 0 Å². The fourth-order valence-corrected chi connectivity index (χ4v) is 5.24.